The number of carbonyl (C=O) groups excluding carboxylic acids is 3. The fraction of sp³-hybridized carbons (Fsp3) is 0.455. The number of nitrogens with one attached hydrogen (secondary N) is 1. The van der Waals surface area contributed by atoms with E-state index in [4.69, 9.17) is 28.0 Å². The third-order valence-electron chi connectivity index (χ3n) is 6.07. The van der Waals surface area contributed by atoms with Gasteiger partial charge < -0.3 is 24.3 Å². The summed E-state index contributed by atoms with van der Waals surface area (Å²) in [7, 11) is -4.22. The molecular formula is C33H43N2O10PS. The van der Waals surface area contributed by atoms with Gasteiger partial charge in [-0.1, -0.05) is 6.07 Å². The number of hydrogen-bond acceptors (Lipinski definition) is 12. The van der Waals surface area contributed by atoms with Crippen molar-refractivity contribution < 1.29 is 46.9 Å². The van der Waals surface area contributed by atoms with Crippen LogP contribution < -0.4 is 20.1 Å². The highest BCUT2D eigenvalue weighted by Gasteiger charge is 2.32. The van der Waals surface area contributed by atoms with Gasteiger partial charge in [-0.2, -0.15) is 0 Å². The number of aromatic nitrogens is 1. The molecule has 2 aromatic heterocycles. The van der Waals surface area contributed by atoms with Gasteiger partial charge in [-0.25, -0.2) is 4.98 Å². The molecule has 0 fully saturated rings. The lowest BCUT2D eigenvalue weighted by Crippen LogP contribution is -2.26. The second-order valence-corrected chi connectivity index (χ2v) is 15.8. The van der Waals surface area contributed by atoms with Gasteiger partial charge in [-0.15, -0.1) is 11.3 Å². The number of carbonyl (C=O) groups is 3. The van der Waals surface area contributed by atoms with E-state index in [1.165, 1.54) is 23.2 Å². The van der Waals surface area contributed by atoms with Gasteiger partial charge in [0.25, 0.3) is 5.91 Å². The number of thiophene rings is 1. The Labute approximate surface area is 279 Å². The number of pyridine rings is 1. The lowest BCUT2D eigenvalue weighted by Gasteiger charge is -2.22. The van der Waals surface area contributed by atoms with Crippen LogP contribution in [0.1, 0.15) is 70.6 Å². The summed E-state index contributed by atoms with van der Waals surface area (Å²) in [4.78, 5) is 43.0. The van der Waals surface area contributed by atoms with Gasteiger partial charge in [-0.05, 0) is 91.1 Å². The van der Waals surface area contributed by atoms with Gasteiger partial charge in [0.15, 0.2) is 0 Å². The molecular weight excluding hydrogens is 647 g/mol. The maximum atomic E-state index is 13.8. The van der Waals surface area contributed by atoms with E-state index < -0.39 is 49.9 Å². The Hall–Kier alpha value is -3.77. The Morgan fingerprint density at radius 3 is 2.02 bits per heavy atom. The number of esters is 2. The van der Waals surface area contributed by atoms with E-state index >= 15 is 0 Å². The molecule has 1 aromatic carbocycles. The number of ether oxygens (including phenoxy) is 4. The van der Waals surface area contributed by atoms with Crippen molar-refractivity contribution in [3.8, 4) is 11.5 Å². The molecule has 14 heteroatoms. The number of nitrogens with zero attached hydrogens (tertiary/aromatic N) is 1. The van der Waals surface area contributed by atoms with Gasteiger partial charge in [0.1, 0.15) is 17.3 Å². The Bertz CT molecular complexity index is 1510. The van der Waals surface area contributed by atoms with Crippen LogP contribution in [-0.2, 0) is 39.1 Å². The Morgan fingerprint density at radius 2 is 1.51 bits per heavy atom. The van der Waals surface area contributed by atoms with Crippen molar-refractivity contribution in [1.29, 1.82) is 0 Å². The minimum Gasteiger partial charge on any atom is -0.493 e. The van der Waals surface area contributed by atoms with Crippen molar-refractivity contribution in [3.63, 3.8) is 0 Å². The van der Waals surface area contributed by atoms with Crippen LogP contribution >= 0.6 is 18.9 Å². The molecule has 1 amide bonds. The number of anilines is 1. The quantitative estimate of drug-likeness (QED) is 0.103. The summed E-state index contributed by atoms with van der Waals surface area (Å²) in [6.07, 6.45) is 1.78. The second-order valence-electron chi connectivity index (χ2n) is 12.7. The zero-order valence-electron chi connectivity index (χ0n) is 28.0. The normalized spacial score (nSPS) is 12.0. The highest BCUT2D eigenvalue weighted by molar-refractivity contribution is 7.62. The molecule has 1 N–H and O–H groups in total. The maximum absolute atomic E-state index is 13.8. The van der Waals surface area contributed by atoms with Gasteiger partial charge in [0, 0.05) is 29.1 Å². The Kier molecular flexibility index (Phi) is 13.1. The van der Waals surface area contributed by atoms with Crippen LogP contribution in [0.3, 0.4) is 0 Å². The molecule has 0 saturated heterocycles. The van der Waals surface area contributed by atoms with Gasteiger partial charge in [0.05, 0.1) is 28.8 Å². The van der Waals surface area contributed by atoms with Crippen LogP contribution in [0.5, 0.6) is 11.5 Å². The highest BCUT2D eigenvalue weighted by Crippen LogP contribution is 2.47. The van der Waals surface area contributed by atoms with Gasteiger partial charge in [-0.3, -0.25) is 28.0 Å². The molecule has 3 aromatic rings. The van der Waals surface area contributed by atoms with Crippen LogP contribution in [0.15, 0.2) is 54.0 Å². The molecule has 12 nitrogen and oxygen atoms in total. The summed E-state index contributed by atoms with van der Waals surface area (Å²) >= 11 is 1.64. The number of rotatable bonds is 15. The SMILES string of the molecule is CC(C)Oc1cc(OCCc2cccs2)cc(C(=O)Nc2ccc(P(=O)(OCOC(=O)C(C)(C)C)OCOC(=O)C(C)(C)C)cn2)c1. The number of benzene rings is 1. The smallest absolute Gasteiger partial charge is 0.368 e. The highest BCUT2D eigenvalue weighted by atomic mass is 32.1. The lowest BCUT2D eigenvalue weighted by atomic mass is 9.98. The first-order valence-electron chi connectivity index (χ1n) is 14.9. The monoisotopic (exact) mass is 690 g/mol. The van der Waals surface area contributed by atoms with E-state index in [0.29, 0.717) is 18.1 Å². The largest absolute Gasteiger partial charge is 0.493 e. The third kappa shape index (κ3) is 12.1. The van der Waals surface area contributed by atoms with Gasteiger partial charge in [0.2, 0.25) is 13.6 Å². The molecule has 0 bridgehead atoms. The van der Waals surface area contributed by atoms with Crippen LogP contribution in [-0.4, -0.2) is 49.1 Å². The number of hydrogen-bond donors (Lipinski definition) is 1. The summed E-state index contributed by atoms with van der Waals surface area (Å²) in [6.45, 7) is 12.7. The van der Waals surface area contributed by atoms with Crippen molar-refractivity contribution in [2.24, 2.45) is 10.8 Å². The number of amides is 1. The average molecular weight is 691 g/mol. The first kappa shape index (κ1) is 37.7. The van der Waals surface area contributed by atoms with Crippen LogP contribution in [0, 0.1) is 10.8 Å². The fourth-order valence-electron chi connectivity index (χ4n) is 3.58. The van der Waals surface area contributed by atoms with E-state index in [1.807, 2.05) is 31.4 Å². The van der Waals surface area contributed by atoms with Crippen molar-refractivity contribution in [3.05, 3.63) is 64.5 Å². The molecule has 0 aliphatic rings. The topological polar surface area (TPSA) is 149 Å². The standard InChI is InChI=1S/C33H43N2O10PS/c1-22(2)45-25-17-23(16-24(18-25)40-14-13-27-10-9-15-47-27)29(36)35-28-12-11-26(19-34-28)46(39,43-20-41-30(37)32(3,4)5)44-21-42-31(38)33(6,7)8/h9-12,15-19,22H,13-14,20-21H2,1-8H3,(H,34,35,36). The molecule has 3 rings (SSSR count). The minimum absolute atomic E-state index is 0.0251. The molecule has 0 unspecified atom stereocenters. The van der Waals surface area contributed by atoms with Crippen molar-refractivity contribution >= 4 is 47.9 Å². The molecule has 0 atom stereocenters. The predicted molar refractivity (Wildman–Crippen MR) is 178 cm³/mol. The van der Waals surface area contributed by atoms with Crippen LogP contribution in [0.2, 0.25) is 0 Å². The fourth-order valence-corrected chi connectivity index (χ4v) is 5.48. The molecule has 47 heavy (non-hydrogen) atoms. The van der Waals surface area contributed by atoms with E-state index in [1.54, 1.807) is 71.1 Å². The molecule has 0 saturated carbocycles. The summed E-state index contributed by atoms with van der Waals surface area (Å²) in [6, 6.07) is 11.7. The first-order valence-corrected chi connectivity index (χ1v) is 17.4. The average Bonchev–Trinajstić information content (AvgIpc) is 3.49. The van der Waals surface area contributed by atoms with E-state index in [2.05, 4.69) is 10.3 Å². The molecule has 0 aliphatic heterocycles. The predicted octanol–water partition coefficient (Wildman–Crippen LogP) is 6.75. The molecule has 0 aliphatic carbocycles. The maximum Gasteiger partial charge on any atom is 0.368 e. The molecule has 0 spiro atoms. The van der Waals surface area contributed by atoms with Gasteiger partial charge >= 0.3 is 19.5 Å². The minimum atomic E-state index is -4.22. The van der Waals surface area contributed by atoms with Crippen molar-refractivity contribution in [2.45, 2.75) is 67.9 Å². The summed E-state index contributed by atoms with van der Waals surface area (Å²) < 4.78 is 46.5. The van der Waals surface area contributed by atoms with Crippen LogP contribution in [0.25, 0.3) is 0 Å². The molecule has 2 heterocycles. The summed E-state index contributed by atoms with van der Waals surface area (Å²) in [5.74, 6) is -0.573. The second kappa shape index (κ2) is 16.4. The summed E-state index contributed by atoms with van der Waals surface area (Å²) in [5.41, 5.74) is -1.37. The Morgan fingerprint density at radius 1 is 0.894 bits per heavy atom. The van der Waals surface area contributed by atoms with E-state index in [9.17, 15) is 18.9 Å². The Balaban J connectivity index is 1.75. The zero-order chi connectivity index (χ0) is 34.8. The van der Waals surface area contributed by atoms with Crippen molar-refractivity contribution in [1.82, 2.24) is 4.98 Å². The van der Waals surface area contributed by atoms with E-state index in [0.717, 1.165) is 6.42 Å². The third-order valence-corrected chi connectivity index (χ3v) is 8.79. The van der Waals surface area contributed by atoms with Crippen LogP contribution in [0.4, 0.5) is 5.82 Å². The lowest BCUT2D eigenvalue weighted by molar-refractivity contribution is -0.161. The van der Waals surface area contributed by atoms with E-state index in [-0.39, 0.29) is 22.8 Å². The summed E-state index contributed by atoms with van der Waals surface area (Å²) in [5, 5.41) is 4.68. The molecule has 256 valence electrons. The zero-order valence-corrected chi connectivity index (χ0v) is 29.7. The molecule has 0 radical (unpaired) electrons. The van der Waals surface area contributed by atoms with Crippen molar-refractivity contribution in [2.75, 3.05) is 25.5 Å². The first-order chi connectivity index (χ1) is 22.0.